The molecule has 0 fully saturated rings. The molecule has 4 aliphatic rings. The summed E-state index contributed by atoms with van der Waals surface area (Å²) in [5, 5.41) is 4.43. The summed E-state index contributed by atoms with van der Waals surface area (Å²) >= 11 is 0. The first kappa shape index (κ1) is 35.6. The molecule has 7 heteroatoms. The number of hydrogen-bond acceptors (Lipinski definition) is 5. The van der Waals surface area contributed by atoms with Crippen molar-refractivity contribution in [2.75, 3.05) is 29.4 Å². The van der Waals surface area contributed by atoms with E-state index in [1.165, 1.54) is 49.7 Å². The van der Waals surface area contributed by atoms with Crippen LogP contribution < -0.4 is 9.80 Å². The van der Waals surface area contributed by atoms with Crippen LogP contribution in [-0.4, -0.2) is 48.2 Å². The number of rotatable bonds is 9. The molecule has 7 nitrogen and oxygen atoms in total. The van der Waals surface area contributed by atoms with Crippen molar-refractivity contribution in [3.05, 3.63) is 117 Å². The summed E-state index contributed by atoms with van der Waals surface area (Å²) in [4.78, 5) is 63.0. The zero-order valence-corrected chi connectivity index (χ0v) is 33.1. The first-order valence-electron chi connectivity index (χ1n) is 21.0. The molecule has 10 rings (SSSR count). The van der Waals surface area contributed by atoms with Gasteiger partial charge >= 0.3 is 0 Å². The van der Waals surface area contributed by atoms with E-state index in [1.54, 1.807) is 24.3 Å². The van der Waals surface area contributed by atoms with Gasteiger partial charge in [-0.1, -0.05) is 87.6 Å². The molecule has 0 saturated heterocycles. The van der Waals surface area contributed by atoms with E-state index in [-0.39, 0.29) is 11.8 Å². The Balaban J connectivity index is 1.12. The molecule has 0 N–H and O–H groups in total. The molecule has 4 aliphatic heterocycles. The maximum Gasteiger partial charge on any atom is 0.266 e. The standard InChI is InChI=1S/C50H47N3O4/c1-4-5-6-7-8-13-28-52-47(54)37-22-24-39-44-40(25-23-38(43(37)44)48(52)55)50(57)53(49(39)56)46-35-18-11-9-16-33(35)42(34-17-10-12-19-36(34)46)41-29(2)31-20-14-26-51-27-15-21-32(30(41)3)45(31)51/h9-12,16-19,22-25H,4-8,13-15,20-21,26-28H2,1-3H3. The van der Waals surface area contributed by atoms with Crippen molar-refractivity contribution in [1.82, 2.24) is 4.90 Å². The highest BCUT2D eigenvalue weighted by Crippen LogP contribution is 2.51. The van der Waals surface area contributed by atoms with Gasteiger partial charge in [-0.25, -0.2) is 4.90 Å². The first-order valence-corrected chi connectivity index (χ1v) is 21.0. The van der Waals surface area contributed by atoms with E-state index in [2.05, 4.69) is 37.8 Å². The second-order valence-electron chi connectivity index (χ2n) is 16.5. The van der Waals surface area contributed by atoms with Gasteiger partial charge in [-0.2, -0.15) is 0 Å². The molecular weight excluding hydrogens is 707 g/mol. The maximum absolute atomic E-state index is 15.0. The van der Waals surface area contributed by atoms with Crippen LogP contribution in [0.5, 0.6) is 0 Å². The van der Waals surface area contributed by atoms with Gasteiger partial charge in [0.15, 0.2) is 0 Å². The summed E-state index contributed by atoms with van der Waals surface area (Å²) in [6, 6.07) is 23.1. The Hall–Kier alpha value is -5.82. The summed E-state index contributed by atoms with van der Waals surface area (Å²) < 4.78 is 0. The quantitative estimate of drug-likeness (QED) is 0.0835. The van der Waals surface area contributed by atoms with Crippen LogP contribution in [0.1, 0.15) is 122 Å². The summed E-state index contributed by atoms with van der Waals surface area (Å²) in [5.41, 5.74) is 11.3. The fraction of sp³-hybridized carbons (Fsp3) is 0.320. The summed E-state index contributed by atoms with van der Waals surface area (Å²) in [7, 11) is 0. The van der Waals surface area contributed by atoms with Crippen molar-refractivity contribution in [1.29, 1.82) is 0 Å². The number of carbonyl (C=O) groups is 4. The smallest absolute Gasteiger partial charge is 0.266 e. The highest BCUT2D eigenvalue weighted by Gasteiger charge is 2.41. The number of fused-ring (bicyclic) bond motifs is 2. The van der Waals surface area contributed by atoms with Crippen LogP contribution in [0, 0.1) is 13.8 Å². The second-order valence-corrected chi connectivity index (χ2v) is 16.5. The van der Waals surface area contributed by atoms with E-state index in [0.29, 0.717) is 45.3 Å². The molecule has 0 radical (unpaired) electrons. The molecular formula is C50H47N3O4. The zero-order valence-electron chi connectivity index (χ0n) is 33.1. The lowest BCUT2D eigenvalue weighted by atomic mass is 9.78. The Labute approximate surface area is 333 Å². The lowest BCUT2D eigenvalue weighted by Crippen LogP contribution is -2.43. The third-order valence-corrected chi connectivity index (χ3v) is 13.3. The predicted molar refractivity (Wildman–Crippen MR) is 229 cm³/mol. The van der Waals surface area contributed by atoms with Crippen molar-refractivity contribution in [3.63, 3.8) is 0 Å². The van der Waals surface area contributed by atoms with Crippen molar-refractivity contribution >= 4 is 67.3 Å². The number of unbranched alkanes of at least 4 members (excludes halogenated alkanes) is 5. The third-order valence-electron chi connectivity index (χ3n) is 13.3. The SMILES string of the molecule is CCCCCCCCN1C(=O)c2ccc3c4c(ccc(c24)C1=O)C(=O)N(c1c2ccccc2c(-c2c(C)c4c5c(c2C)CCCN5CCC4)c2ccccc12)C3=O. The van der Waals surface area contributed by atoms with E-state index >= 15 is 0 Å². The van der Waals surface area contributed by atoms with Crippen molar-refractivity contribution in [2.24, 2.45) is 0 Å². The minimum atomic E-state index is -0.459. The molecule has 0 spiro atoms. The zero-order chi connectivity index (χ0) is 39.1. The van der Waals surface area contributed by atoms with Crippen LogP contribution in [0.4, 0.5) is 11.4 Å². The number of anilines is 2. The van der Waals surface area contributed by atoms with Gasteiger partial charge < -0.3 is 4.90 Å². The van der Waals surface area contributed by atoms with Crippen LogP contribution in [0.3, 0.4) is 0 Å². The lowest BCUT2D eigenvalue weighted by Gasteiger charge is -2.40. The Bertz CT molecular complexity index is 2600. The highest BCUT2D eigenvalue weighted by molar-refractivity contribution is 6.42. The van der Waals surface area contributed by atoms with Gasteiger partial charge in [0.1, 0.15) is 0 Å². The normalized spacial score (nSPS) is 16.1. The third kappa shape index (κ3) is 5.16. The Morgan fingerprint density at radius 2 is 0.965 bits per heavy atom. The van der Waals surface area contributed by atoms with Crippen LogP contribution in [-0.2, 0) is 12.8 Å². The van der Waals surface area contributed by atoms with Gasteiger partial charge in [0.2, 0.25) is 0 Å². The molecule has 286 valence electrons. The number of carbonyl (C=O) groups excluding carboxylic acids is 4. The fourth-order valence-corrected chi connectivity index (χ4v) is 10.7. The number of benzene rings is 6. The Morgan fingerprint density at radius 3 is 1.47 bits per heavy atom. The molecule has 0 saturated carbocycles. The average molecular weight is 754 g/mol. The van der Waals surface area contributed by atoms with Crippen LogP contribution >= 0.6 is 0 Å². The van der Waals surface area contributed by atoms with Gasteiger partial charge in [-0.15, -0.1) is 0 Å². The van der Waals surface area contributed by atoms with Crippen molar-refractivity contribution in [3.8, 4) is 11.1 Å². The van der Waals surface area contributed by atoms with Crippen LogP contribution in [0.15, 0.2) is 72.8 Å². The van der Waals surface area contributed by atoms with Crippen LogP contribution in [0.25, 0.3) is 43.4 Å². The van der Waals surface area contributed by atoms with Crippen molar-refractivity contribution < 1.29 is 19.2 Å². The largest absolute Gasteiger partial charge is 0.371 e. The molecule has 6 aromatic rings. The van der Waals surface area contributed by atoms with Gasteiger partial charge in [-0.3, -0.25) is 24.1 Å². The number of hydrogen-bond donors (Lipinski definition) is 0. The average Bonchev–Trinajstić information content (AvgIpc) is 3.23. The second kappa shape index (κ2) is 13.7. The predicted octanol–water partition coefficient (Wildman–Crippen LogP) is 10.9. The number of nitrogens with zero attached hydrogens (tertiary/aromatic N) is 3. The summed E-state index contributed by atoms with van der Waals surface area (Å²) in [6.45, 7) is 9.31. The minimum absolute atomic E-state index is 0.317. The lowest BCUT2D eigenvalue weighted by molar-refractivity contribution is 0.0606. The molecule has 0 atom stereocenters. The fourth-order valence-electron chi connectivity index (χ4n) is 10.7. The van der Waals surface area contributed by atoms with Gasteiger partial charge in [0, 0.05) is 69.1 Å². The van der Waals surface area contributed by atoms with E-state index < -0.39 is 11.8 Å². The molecule has 4 heterocycles. The van der Waals surface area contributed by atoms with E-state index in [4.69, 9.17) is 0 Å². The Kier molecular flexibility index (Phi) is 8.54. The van der Waals surface area contributed by atoms with Crippen LogP contribution in [0.2, 0.25) is 0 Å². The van der Waals surface area contributed by atoms with Crippen molar-refractivity contribution in [2.45, 2.75) is 85.0 Å². The topological polar surface area (TPSA) is 78.0 Å². The monoisotopic (exact) mass is 753 g/mol. The summed E-state index contributed by atoms with van der Waals surface area (Å²) in [6.07, 6.45) is 10.7. The van der Waals surface area contributed by atoms with Gasteiger partial charge in [-0.05, 0) is 114 Å². The molecule has 57 heavy (non-hydrogen) atoms. The molecule has 0 aliphatic carbocycles. The van der Waals surface area contributed by atoms with E-state index in [0.717, 1.165) is 98.0 Å². The minimum Gasteiger partial charge on any atom is -0.371 e. The van der Waals surface area contributed by atoms with E-state index in [1.807, 2.05) is 36.4 Å². The summed E-state index contributed by atoms with van der Waals surface area (Å²) in [5.74, 6) is -1.65. The first-order chi connectivity index (χ1) is 27.8. The molecule has 4 amide bonds. The molecule has 6 aromatic carbocycles. The Morgan fingerprint density at radius 1 is 0.509 bits per heavy atom. The molecule has 0 aromatic heterocycles. The van der Waals surface area contributed by atoms with E-state index in [9.17, 15) is 19.2 Å². The van der Waals surface area contributed by atoms with Gasteiger partial charge in [0.25, 0.3) is 23.6 Å². The van der Waals surface area contributed by atoms with Gasteiger partial charge in [0.05, 0.1) is 5.69 Å². The molecule has 0 bridgehead atoms. The number of imide groups is 2. The highest BCUT2D eigenvalue weighted by atomic mass is 16.2. The molecule has 0 unspecified atom stereocenters. The number of amides is 4. The maximum atomic E-state index is 15.0.